The predicted octanol–water partition coefficient (Wildman–Crippen LogP) is 1.23. The van der Waals surface area contributed by atoms with Crippen LogP contribution in [0.25, 0.3) is 0 Å². The van der Waals surface area contributed by atoms with Crippen LogP contribution in [0, 0.1) is 11.3 Å². The molecule has 0 spiro atoms. The Kier molecular flexibility index (Phi) is 4.41. The maximum Gasteiger partial charge on any atom is 0.253 e. The summed E-state index contributed by atoms with van der Waals surface area (Å²) in [6.07, 6.45) is 2.84. The van der Waals surface area contributed by atoms with Crippen molar-refractivity contribution < 1.29 is 9.90 Å². The van der Waals surface area contributed by atoms with E-state index in [1.54, 1.807) is 24.3 Å². The SMILES string of the molecule is N#Cc1ccc(C(=O)N2CCN([C@H]3CCC[C@@H]3O)CC2)cc1. The lowest BCUT2D eigenvalue weighted by atomic mass is 10.1. The van der Waals surface area contributed by atoms with E-state index in [1.807, 2.05) is 4.90 Å². The fraction of sp³-hybridized carbons (Fsp3) is 0.529. The molecule has 2 fully saturated rings. The van der Waals surface area contributed by atoms with Crippen molar-refractivity contribution in [2.75, 3.05) is 26.2 Å². The Hall–Kier alpha value is -1.90. The molecule has 1 aliphatic heterocycles. The van der Waals surface area contributed by atoms with Gasteiger partial charge in [-0.3, -0.25) is 9.69 Å². The fourth-order valence-electron chi connectivity index (χ4n) is 3.47. The van der Waals surface area contributed by atoms with Gasteiger partial charge in [0.2, 0.25) is 0 Å². The molecular weight excluding hydrogens is 278 g/mol. The van der Waals surface area contributed by atoms with E-state index in [0.717, 1.165) is 32.4 Å². The van der Waals surface area contributed by atoms with Gasteiger partial charge >= 0.3 is 0 Å². The summed E-state index contributed by atoms with van der Waals surface area (Å²) < 4.78 is 0. The minimum atomic E-state index is -0.208. The molecule has 22 heavy (non-hydrogen) atoms. The Morgan fingerprint density at radius 1 is 1.14 bits per heavy atom. The fourth-order valence-corrected chi connectivity index (χ4v) is 3.47. The van der Waals surface area contributed by atoms with Crippen molar-refractivity contribution in [3.05, 3.63) is 35.4 Å². The molecule has 1 aliphatic carbocycles. The summed E-state index contributed by atoms with van der Waals surface area (Å²) in [6.45, 7) is 3.04. The van der Waals surface area contributed by atoms with Gasteiger partial charge < -0.3 is 10.0 Å². The number of hydrogen-bond acceptors (Lipinski definition) is 4. The summed E-state index contributed by atoms with van der Waals surface area (Å²) in [5, 5.41) is 18.8. The second-order valence-electron chi connectivity index (χ2n) is 6.08. The monoisotopic (exact) mass is 299 g/mol. The Labute approximate surface area is 130 Å². The van der Waals surface area contributed by atoms with Crippen LogP contribution in [0.4, 0.5) is 0 Å². The summed E-state index contributed by atoms with van der Waals surface area (Å²) in [5.74, 6) is 0.0242. The molecule has 1 amide bonds. The number of carbonyl (C=O) groups is 1. The van der Waals surface area contributed by atoms with Crippen molar-refractivity contribution in [3.63, 3.8) is 0 Å². The number of amides is 1. The van der Waals surface area contributed by atoms with E-state index < -0.39 is 0 Å². The highest BCUT2D eigenvalue weighted by atomic mass is 16.3. The highest BCUT2D eigenvalue weighted by Crippen LogP contribution is 2.25. The largest absolute Gasteiger partial charge is 0.391 e. The molecule has 116 valence electrons. The summed E-state index contributed by atoms with van der Waals surface area (Å²) in [6, 6.07) is 9.12. The summed E-state index contributed by atoms with van der Waals surface area (Å²) in [5.41, 5.74) is 1.20. The van der Waals surface area contributed by atoms with Crippen LogP contribution in [0.3, 0.4) is 0 Å². The summed E-state index contributed by atoms with van der Waals surface area (Å²) in [7, 11) is 0. The predicted molar refractivity (Wildman–Crippen MR) is 82.3 cm³/mol. The molecule has 1 aromatic rings. The maximum absolute atomic E-state index is 12.5. The second kappa shape index (κ2) is 6.47. The van der Waals surface area contributed by atoms with Gasteiger partial charge in [0, 0.05) is 37.8 Å². The lowest BCUT2D eigenvalue weighted by Crippen LogP contribution is -2.53. The van der Waals surface area contributed by atoms with E-state index in [4.69, 9.17) is 5.26 Å². The van der Waals surface area contributed by atoms with E-state index in [9.17, 15) is 9.90 Å². The van der Waals surface area contributed by atoms with Gasteiger partial charge in [-0.1, -0.05) is 0 Å². The van der Waals surface area contributed by atoms with Gasteiger partial charge in [0.15, 0.2) is 0 Å². The summed E-state index contributed by atoms with van der Waals surface area (Å²) >= 11 is 0. The topological polar surface area (TPSA) is 67.6 Å². The molecule has 5 nitrogen and oxygen atoms in total. The lowest BCUT2D eigenvalue weighted by Gasteiger charge is -2.39. The number of nitrogens with zero attached hydrogens (tertiary/aromatic N) is 3. The zero-order valence-corrected chi connectivity index (χ0v) is 12.6. The van der Waals surface area contributed by atoms with E-state index in [-0.39, 0.29) is 18.1 Å². The molecular formula is C17H21N3O2. The van der Waals surface area contributed by atoms with Crippen LogP contribution in [-0.2, 0) is 0 Å². The van der Waals surface area contributed by atoms with Crippen LogP contribution in [-0.4, -0.2) is 59.1 Å². The third-order valence-corrected chi connectivity index (χ3v) is 4.78. The van der Waals surface area contributed by atoms with Crippen LogP contribution in [0.5, 0.6) is 0 Å². The second-order valence-corrected chi connectivity index (χ2v) is 6.08. The standard InChI is InChI=1S/C17H21N3O2/c18-12-13-4-6-14(7-5-13)17(22)20-10-8-19(9-11-20)15-2-1-3-16(15)21/h4-7,15-16,21H,1-3,8-11H2/t15-,16-/m0/s1. The molecule has 0 aromatic heterocycles. The highest BCUT2D eigenvalue weighted by molar-refractivity contribution is 5.94. The highest BCUT2D eigenvalue weighted by Gasteiger charge is 2.33. The Morgan fingerprint density at radius 2 is 1.82 bits per heavy atom. The molecule has 2 aliphatic rings. The van der Waals surface area contributed by atoms with Crippen molar-refractivity contribution in [1.82, 2.24) is 9.80 Å². The van der Waals surface area contributed by atoms with Gasteiger partial charge in [0.25, 0.3) is 5.91 Å². The molecule has 1 saturated heterocycles. The van der Waals surface area contributed by atoms with Crippen LogP contribution < -0.4 is 0 Å². The molecule has 1 N–H and O–H groups in total. The number of aliphatic hydroxyl groups is 1. The molecule has 3 rings (SSSR count). The first kappa shape index (κ1) is 15.0. The average Bonchev–Trinajstić information content (AvgIpc) is 3.00. The quantitative estimate of drug-likeness (QED) is 0.892. The number of hydrogen-bond donors (Lipinski definition) is 1. The van der Waals surface area contributed by atoms with Crippen molar-refractivity contribution in [2.45, 2.75) is 31.4 Å². The van der Waals surface area contributed by atoms with Crippen molar-refractivity contribution >= 4 is 5.91 Å². The molecule has 2 atom stereocenters. The van der Waals surface area contributed by atoms with Crippen molar-refractivity contribution in [3.8, 4) is 6.07 Å². The zero-order valence-electron chi connectivity index (χ0n) is 12.6. The number of carbonyl (C=O) groups excluding carboxylic acids is 1. The first-order chi connectivity index (χ1) is 10.7. The minimum absolute atomic E-state index is 0.0242. The molecule has 0 radical (unpaired) electrons. The third kappa shape index (κ3) is 2.99. The lowest BCUT2D eigenvalue weighted by molar-refractivity contribution is 0.0315. The van der Waals surface area contributed by atoms with E-state index in [0.29, 0.717) is 24.2 Å². The Balaban J connectivity index is 1.58. The van der Waals surface area contributed by atoms with Crippen molar-refractivity contribution in [1.29, 1.82) is 5.26 Å². The van der Waals surface area contributed by atoms with E-state index in [2.05, 4.69) is 11.0 Å². The number of nitriles is 1. The third-order valence-electron chi connectivity index (χ3n) is 4.78. The number of piperazine rings is 1. The van der Waals surface area contributed by atoms with Crippen LogP contribution in [0.2, 0.25) is 0 Å². The Morgan fingerprint density at radius 3 is 2.36 bits per heavy atom. The first-order valence-electron chi connectivity index (χ1n) is 7.90. The summed E-state index contributed by atoms with van der Waals surface area (Å²) in [4.78, 5) is 16.6. The van der Waals surface area contributed by atoms with Gasteiger partial charge in [-0.2, -0.15) is 5.26 Å². The molecule has 0 bridgehead atoms. The first-order valence-corrected chi connectivity index (χ1v) is 7.90. The van der Waals surface area contributed by atoms with Crippen LogP contribution >= 0.6 is 0 Å². The van der Waals surface area contributed by atoms with E-state index in [1.165, 1.54) is 0 Å². The molecule has 0 unspecified atom stereocenters. The zero-order chi connectivity index (χ0) is 15.5. The molecule has 5 heteroatoms. The van der Waals surface area contributed by atoms with Gasteiger partial charge in [-0.25, -0.2) is 0 Å². The minimum Gasteiger partial charge on any atom is -0.391 e. The maximum atomic E-state index is 12.5. The smallest absolute Gasteiger partial charge is 0.253 e. The Bertz CT molecular complexity index is 571. The van der Waals surface area contributed by atoms with Gasteiger partial charge in [-0.15, -0.1) is 0 Å². The average molecular weight is 299 g/mol. The van der Waals surface area contributed by atoms with Gasteiger partial charge in [0.05, 0.1) is 17.7 Å². The molecule has 1 aromatic carbocycles. The van der Waals surface area contributed by atoms with Crippen LogP contribution in [0.15, 0.2) is 24.3 Å². The molecule has 1 heterocycles. The van der Waals surface area contributed by atoms with Gasteiger partial charge in [-0.05, 0) is 43.5 Å². The van der Waals surface area contributed by atoms with Crippen molar-refractivity contribution in [2.24, 2.45) is 0 Å². The van der Waals surface area contributed by atoms with E-state index >= 15 is 0 Å². The van der Waals surface area contributed by atoms with Gasteiger partial charge in [0.1, 0.15) is 0 Å². The normalized spacial score (nSPS) is 25.9. The number of rotatable bonds is 2. The molecule has 1 saturated carbocycles. The number of aliphatic hydroxyl groups excluding tert-OH is 1. The van der Waals surface area contributed by atoms with Crippen LogP contribution in [0.1, 0.15) is 35.2 Å². The number of benzene rings is 1.